The van der Waals surface area contributed by atoms with Crippen LogP contribution in [0.4, 0.5) is 13.2 Å². The van der Waals surface area contributed by atoms with Crippen molar-refractivity contribution in [1.29, 1.82) is 0 Å². The predicted molar refractivity (Wildman–Crippen MR) is 373 cm³/mol. The molecule has 2 bridgehead atoms. The van der Waals surface area contributed by atoms with Gasteiger partial charge in [0.15, 0.2) is 0 Å². The second kappa shape index (κ2) is 35.1. The smallest absolute Gasteiger partial charge is 0.377 e. The van der Waals surface area contributed by atoms with E-state index in [0.717, 1.165) is 71.8 Å². The minimum Gasteiger partial charge on any atom is -0.377 e. The summed E-state index contributed by atoms with van der Waals surface area (Å²) < 4.78 is 47.5. The molecule has 3 N–H and O–H groups in total. The molecule has 4 saturated heterocycles. The van der Waals surface area contributed by atoms with Crippen molar-refractivity contribution in [3.63, 3.8) is 0 Å². The summed E-state index contributed by atoms with van der Waals surface area (Å²) in [6.45, 7) is 6.17. The highest BCUT2D eigenvalue weighted by atomic mass is 35.5. The fraction of sp³-hybridized carbons (Fsp3) is 0.753. The molecular formula is C73H110ClF3N12O13. The molecule has 3 saturated carbocycles. The molecule has 0 aromatic heterocycles. The summed E-state index contributed by atoms with van der Waals surface area (Å²) in [5, 5.41) is 8.19. The maximum absolute atomic E-state index is 16.0. The molecule has 1 aromatic rings. The molecule has 2 unspecified atom stereocenters. The quantitative estimate of drug-likeness (QED) is 0.250. The van der Waals surface area contributed by atoms with Crippen LogP contribution in [0.2, 0.25) is 5.02 Å². The summed E-state index contributed by atoms with van der Waals surface area (Å²) in [6, 6.07) is -6.32. The van der Waals surface area contributed by atoms with Crippen LogP contribution in [0, 0.1) is 23.7 Å². The van der Waals surface area contributed by atoms with Crippen LogP contribution in [0.1, 0.15) is 180 Å². The predicted octanol–water partition coefficient (Wildman–Crippen LogP) is 5.41. The van der Waals surface area contributed by atoms with Crippen LogP contribution in [0.5, 0.6) is 0 Å². The van der Waals surface area contributed by atoms with E-state index in [9.17, 15) is 41.9 Å². The summed E-state index contributed by atoms with van der Waals surface area (Å²) in [5.74, 6) is -8.82. The van der Waals surface area contributed by atoms with Gasteiger partial charge in [-0.15, -0.1) is 0 Å². The molecule has 1 aromatic carbocycles. The van der Waals surface area contributed by atoms with Gasteiger partial charge in [0.25, 0.3) is 0 Å². The number of nitrogens with one attached hydrogen (secondary N) is 3. The van der Waals surface area contributed by atoms with Gasteiger partial charge in [-0.2, -0.15) is 13.2 Å². The number of ether oxygens (including phenoxy) is 1. The number of likely N-dealkylation sites (N-methyl/N-ethyl adjacent to an activating group) is 7. The van der Waals surface area contributed by atoms with E-state index in [-0.39, 0.29) is 88.6 Å². The summed E-state index contributed by atoms with van der Waals surface area (Å²) in [4.78, 5) is 192. The average Bonchev–Trinajstić information content (AvgIpc) is 1.32. The van der Waals surface area contributed by atoms with E-state index in [1.807, 2.05) is 20.8 Å². The van der Waals surface area contributed by atoms with Gasteiger partial charge < -0.3 is 64.8 Å². The second-order valence-electron chi connectivity index (χ2n) is 30.6. The minimum absolute atomic E-state index is 0.0269. The number of hydrogen-bond acceptors (Lipinski definition) is 13. The van der Waals surface area contributed by atoms with Gasteiger partial charge in [0.2, 0.25) is 70.9 Å². The molecule has 1 spiro atoms. The number of alkyl halides is 3. The highest BCUT2D eigenvalue weighted by molar-refractivity contribution is 6.31. The summed E-state index contributed by atoms with van der Waals surface area (Å²) >= 11 is 6.16. The molecule has 8 rings (SSSR count). The van der Waals surface area contributed by atoms with Gasteiger partial charge in [0.05, 0.1) is 61.9 Å². The van der Waals surface area contributed by atoms with Crippen LogP contribution in [-0.2, 0) is 74.9 Å². The van der Waals surface area contributed by atoms with Gasteiger partial charge in [-0.3, -0.25) is 57.5 Å². The molecule has 25 nitrogen and oxygen atoms in total. The molecule has 7 aliphatic rings. The first-order chi connectivity index (χ1) is 48.2. The van der Waals surface area contributed by atoms with Gasteiger partial charge in [0, 0.05) is 55.9 Å². The van der Waals surface area contributed by atoms with Crippen LogP contribution in [0.15, 0.2) is 18.2 Å². The van der Waals surface area contributed by atoms with E-state index in [1.54, 1.807) is 11.8 Å². The number of aryl methyl sites for hydroxylation is 1. The van der Waals surface area contributed by atoms with Gasteiger partial charge >= 0.3 is 6.18 Å². The van der Waals surface area contributed by atoms with E-state index >= 15 is 28.8 Å². The third kappa shape index (κ3) is 19.1. The molecule has 4 heterocycles. The number of amides is 12. The first-order valence-corrected chi connectivity index (χ1v) is 37.3. The van der Waals surface area contributed by atoms with E-state index < -0.39 is 173 Å². The number of benzene rings is 1. The largest absolute Gasteiger partial charge is 0.417 e. The monoisotopic (exact) mass is 1450 g/mol. The van der Waals surface area contributed by atoms with Crippen LogP contribution in [0.3, 0.4) is 0 Å². The number of nitrogens with zero attached hydrogens (tertiary/aromatic N) is 9. The molecule has 568 valence electrons. The number of morpholine rings is 1. The lowest BCUT2D eigenvalue weighted by atomic mass is 9.81. The maximum atomic E-state index is 16.0. The van der Waals surface area contributed by atoms with E-state index in [1.165, 1.54) is 79.9 Å². The summed E-state index contributed by atoms with van der Waals surface area (Å²) in [6.07, 6.45) is 4.96. The Morgan fingerprint density at radius 1 is 0.647 bits per heavy atom. The number of carbonyl (C=O) groups is 12. The number of hydrogen-bond donors (Lipinski definition) is 3. The first-order valence-electron chi connectivity index (χ1n) is 36.9. The van der Waals surface area contributed by atoms with Gasteiger partial charge in [-0.05, 0) is 118 Å². The Bertz CT molecular complexity index is 3220. The Morgan fingerprint density at radius 2 is 1.25 bits per heavy atom. The summed E-state index contributed by atoms with van der Waals surface area (Å²) in [7, 11) is 10.00. The number of halogens is 4. The van der Waals surface area contributed by atoms with Crippen molar-refractivity contribution in [3.05, 3.63) is 34.3 Å². The molecule has 0 radical (unpaired) electrons. The lowest BCUT2D eigenvalue weighted by molar-refractivity contribution is -0.159. The lowest BCUT2D eigenvalue weighted by Crippen LogP contribution is -2.65. The van der Waals surface area contributed by atoms with E-state index in [4.69, 9.17) is 16.3 Å². The number of carbonyl (C=O) groups excluding carboxylic acids is 12. The summed E-state index contributed by atoms with van der Waals surface area (Å²) in [5.41, 5.74) is -2.35. The first kappa shape index (κ1) is 80.6. The molecule has 3 aliphatic carbocycles. The fourth-order valence-electron chi connectivity index (χ4n) is 16.5. The molecule has 29 heteroatoms. The van der Waals surface area contributed by atoms with Crippen molar-refractivity contribution in [3.8, 4) is 0 Å². The van der Waals surface area contributed by atoms with E-state index in [0.29, 0.717) is 56.9 Å². The number of rotatable bonds is 11. The molecule has 4 aliphatic heterocycles. The van der Waals surface area contributed by atoms with Crippen molar-refractivity contribution in [2.24, 2.45) is 23.7 Å². The Balaban J connectivity index is 1.18. The molecule has 12 amide bonds. The third-order valence-electron chi connectivity index (χ3n) is 22.9. The lowest BCUT2D eigenvalue weighted by Gasteiger charge is -2.44. The van der Waals surface area contributed by atoms with Gasteiger partial charge in [0.1, 0.15) is 47.8 Å². The minimum atomic E-state index is -4.76. The molecule has 7 fully saturated rings. The topological polar surface area (TPSA) is 279 Å². The Hall–Kier alpha value is -7.10. The van der Waals surface area contributed by atoms with Crippen molar-refractivity contribution in [2.75, 3.05) is 88.7 Å². The maximum Gasteiger partial charge on any atom is 0.417 e. The van der Waals surface area contributed by atoms with Crippen molar-refractivity contribution in [2.45, 2.75) is 241 Å². The average molecular weight is 1460 g/mol. The van der Waals surface area contributed by atoms with Crippen LogP contribution >= 0.6 is 11.6 Å². The highest BCUT2D eigenvalue weighted by Gasteiger charge is 2.53. The van der Waals surface area contributed by atoms with E-state index in [2.05, 4.69) is 16.0 Å². The molecule has 10 atom stereocenters. The third-order valence-corrected chi connectivity index (χ3v) is 23.2. The Morgan fingerprint density at radius 3 is 1.86 bits per heavy atom. The van der Waals surface area contributed by atoms with Crippen molar-refractivity contribution >= 4 is 82.5 Å². The Kier molecular flexibility index (Phi) is 27.7. The zero-order valence-corrected chi connectivity index (χ0v) is 62.3. The Labute approximate surface area is 603 Å². The highest BCUT2D eigenvalue weighted by Crippen LogP contribution is 2.39. The normalized spacial score (nSPS) is 28.4. The zero-order chi connectivity index (χ0) is 74.8. The SMILES string of the molecule is CC[C@H](C)[C@@H]1NC(=O)[C@H](CC(C)C)N(C)C(=O)C[C@@H](C(=O)N2C3CCC2COC3)N(C)C(=O)[C@H](C2CCCCC2)N(C)C(=O)C2(CCCC2)NC(=O)[C@@H]2CCCN2C(=O)[C@H](CCc2ccc(C(F)(F)F)c(Cl)c2)NC(=O)CN(C)C(=O)[C@H](CC2CCCC2)N(C)C(=O)CN(C)C(=O)CN(C)C1=O. The molecular weight excluding hydrogens is 1350 g/mol. The fourth-order valence-corrected chi connectivity index (χ4v) is 16.8. The standard InChI is InChI=1S/C73H110ClF3N12O13/c1-12-45(4)62-69(99)83(7)40-60(92)81(5)41-61(93)85(9)56(37-46-21-16-17-22-46)67(97)82(6)39-58(90)78-53(31-27-47-26-30-51(52(74)36-47)73(75,76)77)66(96)88-34-20-25-54(88)65(95)80-72(32-18-19-33-72)71(101)87(11)63(48-23-14-13-15-24-48)70(100)86(10)57(68(98)89-49-28-29-50(89)43-102-42-49)38-59(91)84(8)55(35-44(2)3)64(94)79-62/h26,30,36,44-46,48-50,53-57,62-63H,12-25,27-29,31-35,37-43H2,1-11H3,(H,78,90)(H,79,94)(H,80,95)/t45-,49?,50?,53-,54-,55-,56-,57-,62-,63-/m0/s1. The van der Waals surface area contributed by atoms with Crippen molar-refractivity contribution in [1.82, 2.24) is 60.0 Å². The van der Waals surface area contributed by atoms with Crippen LogP contribution in [-0.4, -0.2) is 264 Å². The molecule has 102 heavy (non-hydrogen) atoms. The second-order valence-corrected chi connectivity index (χ2v) is 31.0. The number of fused-ring (bicyclic) bond motifs is 3. The van der Waals surface area contributed by atoms with Crippen molar-refractivity contribution < 1.29 is 75.4 Å². The van der Waals surface area contributed by atoms with Gasteiger partial charge in [-0.1, -0.05) is 110 Å². The van der Waals surface area contributed by atoms with Crippen LogP contribution in [0.25, 0.3) is 0 Å². The zero-order valence-electron chi connectivity index (χ0n) is 61.6. The van der Waals surface area contributed by atoms with Crippen LogP contribution < -0.4 is 16.0 Å². The van der Waals surface area contributed by atoms with Gasteiger partial charge in [-0.25, -0.2) is 0 Å².